The van der Waals surface area contributed by atoms with Crippen molar-refractivity contribution in [3.8, 4) is 16.9 Å². The Hall–Kier alpha value is -2.96. The monoisotopic (exact) mass is 435 g/mol. The largest absolute Gasteiger partial charge is 0.467 e. The summed E-state index contributed by atoms with van der Waals surface area (Å²) in [5.41, 5.74) is 3.75. The lowest BCUT2D eigenvalue weighted by Crippen LogP contribution is -2.27. The molecule has 3 heterocycles. The van der Waals surface area contributed by atoms with E-state index in [0.717, 1.165) is 28.3 Å². The molecule has 0 unspecified atom stereocenters. The van der Waals surface area contributed by atoms with Crippen LogP contribution >= 0.6 is 23.4 Å². The van der Waals surface area contributed by atoms with Gasteiger partial charge in [0.25, 0.3) is 0 Å². The zero-order chi connectivity index (χ0) is 20.5. The van der Waals surface area contributed by atoms with Crippen LogP contribution in [0.25, 0.3) is 16.9 Å². The van der Waals surface area contributed by atoms with Crippen LogP contribution in [0.3, 0.4) is 0 Å². The molecule has 0 radical (unpaired) electrons. The van der Waals surface area contributed by atoms with Gasteiger partial charge in [-0.1, -0.05) is 41.9 Å². The third-order valence-corrected chi connectivity index (χ3v) is 6.51. The minimum atomic E-state index is -0.147. The van der Waals surface area contributed by atoms with E-state index in [4.69, 9.17) is 21.1 Å². The summed E-state index contributed by atoms with van der Waals surface area (Å²) in [5.74, 6) is 1.29. The number of amides is 1. The molecule has 5 nitrogen and oxygen atoms in total. The zero-order valence-corrected chi connectivity index (χ0v) is 17.5. The summed E-state index contributed by atoms with van der Waals surface area (Å²) < 4.78 is 7.36. The SMILES string of the molecule is O=C1CS[C@H](c2cn(-c3ccccc3)nc2-c2ccc(Cl)cc2)N1Cc1ccco1. The van der Waals surface area contributed by atoms with E-state index in [9.17, 15) is 4.79 Å². The van der Waals surface area contributed by atoms with Gasteiger partial charge in [-0.25, -0.2) is 4.68 Å². The summed E-state index contributed by atoms with van der Waals surface area (Å²) in [7, 11) is 0. The second-order valence-electron chi connectivity index (χ2n) is 6.98. The van der Waals surface area contributed by atoms with Crippen LogP contribution in [0.4, 0.5) is 0 Å². The fraction of sp³-hybridized carbons (Fsp3) is 0.130. The molecule has 0 N–H and O–H groups in total. The van der Waals surface area contributed by atoms with Crippen molar-refractivity contribution in [1.82, 2.24) is 14.7 Å². The van der Waals surface area contributed by atoms with Crippen molar-refractivity contribution in [3.05, 3.63) is 95.5 Å². The molecule has 1 atom stereocenters. The molecule has 1 aliphatic rings. The number of carbonyl (C=O) groups excluding carboxylic acids is 1. The van der Waals surface area contributed by atoms with Crippen LogP contribution in [0, 0.1) is 0 Å². The van der Waals surface area contributed by atoms with E-state index >= 15 is 0 Å². The van der Waals surface area contributed by atoms with E-state index in [1.165, 1.54) is 0 Å². The van der Waals surface area contributed by atoms with Gasteiger partial charge in [-0.2, -0.15) is 5.10 Å². The van der Waals surface area contributed by atoms with Crippen molar-refractivity contribution in [2.45, 2.75) is 11.9 Å². The van der Waals surface area contributed by atoms with Crippen LogP contribution in [0.15, 0.2) is 83.6 Å². The molecule has 0 saturated carbocycles. The molecule has 4 aromatic rings. The molecule has 30 heavy (non-hydrogen) atoms. The summed E-state index contributed by atoms with van der Waals surface area (Å²) in [5, 5.41) is 5.41. The van der Waals surface area contributed by atoms with Crippen LogP contribution in [0.2, 0.25) is 5.02 Å². The number of rotatable bonds is 5. The van der Waals surface area contributed by atoms with E-state index in [1.54, 1.807) is 18.0 Å². The molecule has 1 fully saturated rings. The van der Waals surface area contributed by atoms with Crippen molar-refractivity contribution in [2.75, 3.05) is 5.75 Å². The summed E-state index contributed by atoms with van der Waals surface area (Å²) >= 11 is 7.71. The van der Waals surface area contributed by atoms with Crippen molar-refractivity contribution in [3.63, 3.8) is 0 Å². The van der Waals surface area contributed by atoms with Crippen LogP contribution < -0.4 is 0 Å². The molecule has 150 valence electrons. The minimum absolute atomic E-state index is 0.0934. The average molecular weight is 436 g/mol. The predicted octanol–water partition coefficient (Wildman–Crippen LogP) is 5.56. The Balaban J connectivity index is 1.59. The topological polar surface area (TPSA) is 51.3 Å². The number of furan rings is 1. The third kappa shape index (κ3) is 3.64. The molecule has 0 spiro atoms. The highest BCUT2D eigenvalue weighted by Gasteiger charge is 2.36. The number of hydrogen-bond acceptors (Lipinski definition) is 4. The second kappa shape index (κ2) is 8.05. The fourth-order valence-electron chi connectivity index (χ4n) is 3.57. The molecular formula is C23H18ClN3O2S. The number of hydrogen-bond donors (Lipinski definition) is 0. The lowest BCUT2D eigenvalue weighted by molar-refractivity contribution is -0.128. The summed E-state index contributed by atoms with van der Waals surface area (Å²) in [6.45, 7) is 0.431. The first-order valence-electron chi connectivity index (χ1n) is 9.53. The van der Waals surface area contributed by atoms with Gasteiger partial charge in [-0.15, -0.1) is 11.8 Å². The molecule has 1 amide bonds. The van der Waals surface area contributed by atoms with E-state index in [0.29, 0.717) is 17.3 Å². The van der Waals surface area contributed by atoms with Crippen LogP contribution in [0.1, 0.15) is 16.7 Å². The molecule has 1 saturated heterocycles. The van der Waals surface area contributed by atoms with Gasteiger partial charge in [0.2, 0.25) is 5.91 Å². The Morgan fingerprint density at radius 3 is 2.60 bits per heavy atom. The molecule has 0 bridgehead atoms. The van der Waals surface area contributed by atoms with Gasteiger partial charge in [0.15, 0.2) is 0 Å². The van der Waals surface area contributed by atoms with Crippen molar-refractivity contribution >= 4 is 29.3 Å². The summed E-state index contributed by atoms with van der Waals surface area (Å²) in [6.07, 6.45) is 3.65. The van der Waals surface area contributed by atoms with Gasteiger partial charge in [0, 0.05) is 22.3 Å². The second-order valence-corrected chi connectivity index (χ2v) is 8.49. The first-order chi connectivity index (χ1) is 14.7. The standard InChI is InChI=1S/C23H18ClN3O2S/c24-17-10-8-16(9-11-17)22-20(14-27(25-22)18-5-2-1-3-6-18)23-26(21(28)15-30-23)13-19-7-4-12-29-19/h1-12,14,23H,13,15H2/t23-/m1/s1. The van der Waals surface area contributed by atoms with Crippen molar-refractivity contribution < 1.29 is 9.21 Å². The number of aromatic nitrogens is 2. The first-order valence-corrected chi connectivity index (χ1v) is 11.0. The highest BCUT2D eigenvalue weighted by molar-refractivity contribution is 8.00. The summed E-state index contributed by atoms with van der Waals surface area (Å²) in [6, 6.07) is 21.3. The van der Waals surface area contributed by atoms with Gasteiger partial charge in [0.05, 0.1) is 29.9 Å². The Kier molecular flexibility index (Phi) is 5.11. The van der Waals surface area contributed by atoms with E-state index in [2.05, 4.69) is 0 Å². The molecule has 2 aromatic heterocycles. The number of carbonyl (C=O) groups is 1. The number of benzene rings is 2. The normalized spacial score (nSPS) is 16.4. The van der Waals surface area contributed by atoms with Crippen molar-refractivity contribution in [1.29, 1.82) is 0 Å². The number of halogens is 1. The maximum atomic E-state index is 12.7. The molecular weight excluding hydrogens is 418 g/mol. The first kappa shape index (κ1) is 19.0. The molecule has 0 aliphatic carbocycles. The van der Waals surface area contributed by atoms with E-state index < -0.39 is 0 Å². The van der Waals surface area contributed by atoms with Crippen molar-refractivity contribution in [2.24, 2.45) is 0 Å². The van der Waals surface area contributed by atoms with Crippen LogP contribution in [-0.4, -0.2) is 26.3 Å². The molecule has 7 heteroatoms. The van der Waals surface area contributed by atoms with E-state index in [-0.39, 0.29) is 11.3 Å². The lowest BCUT2D eigenvalue weighted by atomic mass is 10.1. The van der Waals surface area contributed by atoms with Gasteiger partial charge in [0.1, 0.15) is 11.1 Å². The van der Waals surface area contributed by atoms with E-state index in [1.807, 2.05) is 82.5 Å². The smallest absolute Gasteiger partial charge is 0.234 e. The Morgan fingerprint density at radius 2 is 1.87 bits per heavy atom. The van der Waals surface area contributed by atoms with Crippen LogP contribution in [-0.2, 0) is 11.3 Å². The van der Waals surface area contributed by atoms with Gasteiger partial charge < -0.3 is 9.32 Å². The molecule has 1 aliphatic heterocycles. The highest BCUT2D eigenvalue weighted by Crippen LogP contribution is 2.43. The molecule has 2 aromatic carbocycles. The Labute approximate surface area is 183 Å². The average Bonchev–Trinajstić information content (AvgIpc) is 3.51. The van der Waals surface area contributed by atoms with Gasteiger partial charge in [-0.05, 0) is 36.4 Å². The Bertz CT molecular complexity index is 1160. The molecule has 5 rings (SSSR count). The quantitative estimate of drug-likeness (QED) is 0.411. The highest BCUT2D eigenvalue weighted by atomic mass is 35.5. The maximum absolute atomic E-state index is 12.7. The predicted molar refractivity (Wildman–Crippen MR) is 118 cm³/mol. The number of nitrogens with zero attached hydrogens (tertiary/aromatic N) is 3. The fourth-order valence-corrected chi connectivity index (χ4v) is 4.88. The Morgan fingerprint density at radius 1 is 1.07 bits per heavy atom. The lowest BCUT2D eigenvalue weighted by Gasteiger charge is -2.23. The number of para-hydroxylation sites is 1. The third-order valence-electron chi connectivity index (χ3n) is 5.02. The zero-order valence-electron chi connectivity index (χ0n) is 15.9. The maximum Gasteiger partial charge on any atom is 0.234 e. The van der Waals surface area contributed by atoms with Gasteiger partial charge in [-0.3, -0.25) is 4.79 Å². The van der Waals surface area contributed by atoms with Crippen LogP contribution in [0.5, 0.6) is 0 Å². The van der Waals surface area contributed by atoms with Gasteiger partial charge >= 0.3 is 0 Å². The minimum Gasteiger partial charge on any atom is -0.467 e. The number of thioether (sulfide) groups is 1. The summed E-state index contributed by atoms with van der Waals surface area (Å²) in [4.78, 5) is 14.5.